The second kappa shape index (κ2) is 16.0. The molecule has 4 aromatic carbocycles. The van der Waals surface area contributed by atoms with E-state index >= 15 is 0 Å². The van der Waals surface area contributed by atoms with Crippen molar-refractivity contribution in [2.75, 3.05) is 13.2 Å². The largest absolute Gasteiger partial charge is 0.507 e. The number of hydrogen-bond acceptors (Lipinski definition) is 18. The van der Waals surface area contributed by atoms with Crippen molar-refractivity contribution in [3.63, 3.8) is 0 Å². The van der Waals surface area contributed by atoms with E-state index in [2.05, 4.69) is 0 Å². The number of benzene rings is 4. The molecule has 0 bridgehead atoms. The zero-order chi connectivity index (χ0) is 44.6. The van der Waals surface area contributed by atoms with E-state index in [1.165, 1.54) is 36.4 Å². The highest BCUT2D eigenvalue weighted by Crippen LogP contribution is 2.56. The van der Waals surface area contributed by atoms with Crippen molar-refractivity contribution < 1.29 is 99.4 Å². The molecule has 20 heteroatoms. The van der Waals surface area contributed by atoms with Crippen LogP contribution in [-0.2, 0) is 9.47 Å². The van der Waals surface area contributed by atoms with Gasteiger partial charge in [-0.3, -0.25) is 9.59 Å². The van der Waals surface area contributed by atoms with Gasteiger partial charge in [0.05, 0.1) is 46.6 Å². The van der Waals surface area contributed by atoms with Crippen molar-refractivity contribution in [3.8, 4) is 23.0 Å². The van der Waals surface area contributed by atoms with E-state index < -0.39 is 144 Å². The van der Waals surface area contributed by atoms with Crippen LogP contribution in [0.1, 0.15) is 86.6 Å². The summed E-state index contributed by atoms with van der Waals surface area (Å²) in [6.07, 6.45) is -17.7. The number of carbonyl (C=O) groups is 4. The minimum Gasteiger partial charge on any atom is -0.507 e. The van der Waals surface area contributed by atoms with E-state index in [0.29, 0.717) is 0 Å². The zero-order valence-electron chi connectivity index (χ0n) is 31.7. The van der Waals surface area contributed by atoms with E-state index in [4.69, 9.17) is 18.9 Å². The number of phenols is 2. The van der Waals surface area contributed by atoms with Crippen molar-refractivity contribution in [1.82, 2.24) is 0 Å². The van der Waals surface area contributed by atoms with Gasteiger partial charge in [0.25, 0.3) is 0 Å². The average molecular weight is 863 g/mol. The molecule has 4 aromatic rings. The number of aromatic carboxylic acids is 2. The highest BCUT2D eigenvalue weighted by Gasteiger charge is 2.50. The van der Waals surface area contributed by atoms with Crippen LogP contribution in [0, 0.1) is 0 Å². The number of carboxylic acid groups (broad SMARTS) is 2. The van der Waals surface area contributed by atoms with Gasteiger partial charge in [-0.05, 0) is 58.7 Å². The second-order valence-electron chi connectivity index (χ2n) is 15.2. The SMILES string of the molecule is O=C(O)c1cc(O)c2c(c1)[C@H]([C@H]1c3cc(C(=O)O)cc(O)c3C(=O)c3c(O[C@@H]4O[C@H](CO)[C@H](O)[C@H](O)[C@H]4O)cccc31)c1cccc(O[C@@H]3O[C@H](CO)[C@H](O)[C@H](O)[C@H]3O)c1C2=O. The number of fused-ring (bicyclic) bond motifs is 4. The lowest BCUT2D eigenvalue weighted by molar-refractivity contribution is -0.277. The summed E-state index contributed by atoms with van der Waals surface area (Å²) in [6, 6.07) is 11.9. The Hall–Kier alpha value is -6.04. The summed E-state index contributed by atoms with van der Waals surface area (Å²) in [4.78, 5) is 54.2. The van der Waals surface area contributed by atoms with Crippen LogP contribution < -0.4 is 9.47 Å². The molecule has 2 heterocycles. The van der Waals surface area contributed by atoms with E-state index in [1.54, 1.807) is 0 Å². The van der Waals surface area contributed by atoms with Gasteiger partial charge in [0.15, 0.2) is 0 Å². The van der Waals surface area contributed by atoms with Crippen LogP contribution >= 0.6 is 0 Å². The topological polar surface area (TPSA) is 348 Å². The molecule has 12 atom stereocenters. The Balaban J connectivity index is 1.38. The normalized spacial score (nSPS) is 30.1. The molecule has 20 nitrogen and oxygen atoms in total. The van der Waals surface area contributed by atoms with Gasteiger partial charge in [0, 0.05) is 11.8 Å². The lowest BCUT2D eigenvalue weighted by Gasteiger charge is -2.41. The molecular formula is C42H38O20. The molecule has 0 spiro atoms. The summed E-state index contributed by atoms with van der Waals surface area (Å²) in [7, 11) is 0. The van der Waals surface area contributed by atoms with Crippen LogP contribution in [0.15, 0.2) is 60.7 Å². The fourth-order valence-corrected chi connectivity index (χ4v) is 8.71. The highest BCUT2D eigenvalue weighted by molar-refractivity contribution is 6.18. The van der Waals surface area contributed by atoms with Gasteiger partial charge in [-0.2, -0.15) is 0 Å². The number of carbonyl (C=O) groups excluding carboxylic acids is 2. The fraction of sp³-hybridized carbons (Fsp3) is 0.333. The van der Waals surface area contributed by atoms with Crippen LogP contribution in [0.4, 0.5) is 0 Å². The first kappa shape index (κ1) is 42.6. The van der Waals surface area contributed by atoms with Crippen molar-refractivity contribution in [1.29, 1.82) is 0 Å². The average Bonchev–Trinajstić information content (AvgIpc) is 3.24. The summed E-state index contributed by atoms with van der Waals surface area (Å²) in [5.41, 5.74) is -2.87. The van der Waals surface area contributed by atoms with Crippen molar-refractivity contribution in [2.45, 2.75) is 73.2 Å². The lowest BCUT2D eigenvalue weighted by Crippen LogP contribution is -2.60. The molecule has 62 heavy (non-hydrogen) atoms. The summed E-state index contributed by atoms with van der Waals surface area (Å²) in [5, 5.41) is 126. The van der Waals surface area contributed by atoms with Crippen molar-refractivity contribution in [2.24, 2.45) is 0 Å². The molecule has 326 valence electrons. The molecule has 8 rings (SSSR count). The Morgan fingerprint density at radius 1 is 0.516 bits per heavy atom. The minimum atomic E-state index is -1.94. The summed E-state index contributed by atoms with van der Waals surface area (Å²) < 4.78 is 23.0. The lowest BCUT2D eigenvalue weighted by atomic mass is 9.63. The molecule has 0 unspecified atom stereocenters. The summed E-state index contributed by atoms with van der Waals surface area (Å²) in [6.45, 7) is -1.64. The Labute approximate surface area is 348 Å². The van der Waals surface area contributed by atoms with E-state index in [0.717, 1.165) is 24.3 Å². The number of ketones is 2. The Bertz CT molecular complexity index is 2330. The van der Waals surface area contributed by atoms with Crippen LogP contribution in [0.25, 0.3) is 0 Å². The predicted octanol–water partition coefficient (Wildman–Crippen LogP) is -1.10. The van der Waals surface area contributed by atoms with Crippen molar-refractivity contribution in [3.05, 3.63) is 116 Å². The Morgan fingerprint density at radius 2 is 0.887 bits per heavy atom. The fourth-order valence-electron chi connectivity index (χ4n) is 8.71. The molecule has 4 aliphatic rings. The second-order valence-corrected chi connectivity index (χ2v) is 15.2. The summed E-state index contributed by atoms with van der Waals surface area (Å²) in [5.74, 6) is -10.1. The first-order valence-corrected chi connectivity index (χ1v) is 19.0. The van der Waals surface area contributed by atoms with Crippen LogP contribution in [0.3, 0.4) is 0 Å². The van der Waals surface area contributed by atoms with Gasteiger partial charge in [0.2, 0.25) is 24.1 Å². The standard InChI is InChI=1S/C42H38O20/c43-11-23-31(47)35(51)37(53)41(61-23)59-21-5-1-3-15-25(17-7-13(39(55)56)9-19(45)27(17)33(49)29(15)21)26-16-4-2-6-22(60-42-38(54)36(52)32(48)24(12-44)62-42)30(16)34(50)28-18(26)8-14(40(57)58)10-20(28)46/h1-10,23-26,31-32,35-38,41-48,51-54H,11-12H2,(H,55,56)(H,57,58)/t23-,24-,25-,26-,31+,32+,35+,36+,37-,38-,41-,42-/m1/s1. The number of aliphatic hydroxyl groups is 8. The van der Waals surface area contributed by atoms with Gasteiger partial charge in [-0.25, -0.2) is 9.59 Å². The van der Waals surface area contributed by atoms with Gasteiger partial charge in [-0.15, -0.1) is 0 Å². The smallest absolute Gasteiger partial charge is 0.335 e. The summed E-state index contributed by atoms with van der Waals surface area (Å²) >= 11 is 0. The molecule has 0 saturated carbocycles. The number of aliphatic hydroxyl groups excluding tert-OH is 8. The molecule has 0 radical (unpaired) electrons. The molecule has 12 N–H and O–H groups in total. The molecule has 2 fully saturated rings. The maximum Gasteiger partial charge on any atom is 0.335 e. The molecule has 2 aliphatic carbocycles. The van der Waals surface area contributed by atoms with E-state index in [-0.39, 0.29) is 44.9 Å². The van der Waals surface area contributed by atoms with E-state index in [1.807, 2.05) is 0 Å². The van der Waals surface area contributed by atoms with Crippen molar-refractivity contribution >= 4 is 23.5 Å². The molecule has 2 aliphatic heterocycles. The number of ether oxygens (including phenoxy) is 4. The Morgan fingerprint density at radius 3 is 1.23 bits per heavy atom. The minimum absolute atomic E-state index is 0.00301. The first-order valence-electron chi connectivity index (χ1n) is 19.0. The van der Waals surface area contributed by atoms with Gasteiger partial charge < -0.3 is 80.2 Å². The van der Waals surface area contributed by atoms with E-state index in [9.17, 15) is 80.5 Å². The number of rotatable bonds is 9. The third-order valence-electron chi connectivity index (χ3n) is 11.7. The third kappa shape index (κ3) is 6.73. The van der Waals surface area contributed by atoms with Crippen LogP contribution in [0.5, 0.6) is 23.0 Å². The molecular weight excluding hydrogens is 824 g/mol. The molecule has 0 aromatic heterocycles. The predicted molar refractivity (Wildman–Crippen MR) is 202 cm³/mol. The number of carboxylic acids is 2. The number of aromatic hydroxyl groups is 2. The van der Waals surface area contributed by atoms with Crippen LogP contribution in [-0.4, -0.2) is 159 Å². The maximum absolute atomic E-state index is 14.7. The number of phenolic OH excluding ortho intramolecular Hbond substituents is 2. The monoisotopic (exact) mass is 862 g/mol. The third-order valence-corrected chi connectivity index (χ3v) is 11.7. The van der Waals surface area contributed by atoms with Gasteiger partial charge >= 0.3 is 11.9 Å². The Kier molecular flexibility index (Phi) is 11.0. The van der Waals surface area contributed by atoms with Gasteiger partial charge in [0.1, 0.15) is 71.8 Å². The highest BCUT2D eigenvalue weighted by atomic mass is 16.7. The first-order chi connectivity index (χ1) is 29.5. The van der Waals surface area contributed by atoms with Gasteiger partial charge in [-0.1, -0.05) is 24.3 Å². The number of hydrogen-bond donors (Lipinski definition) is 12. The molecule has 0 amide bonds. The quantitative estimate of drug-likeness (QED) is 0.0950. The molecule has 2 saturated heterocycles. The zero-order valence-corrected chi connectivity index (χ0v) is 31.7. The van der Waals surface area contributed by atoms with Crippen LogP contribution in [0.2, 0.25) is 0 Å². The maximum atomic E-state index is 14.7.